The van der Waals surface area contributed by atoms with Gasteiger partial charge in [-0.15, -0.1) is 0 Å². The number of thiocarbonyl (C=S) groups is 1. The van der Waals surface area contributed by atoms with Crippen molar-refractivity contribution in [2.24, 2.45) is 5.73 Å². The van der Waals surface area contributed by atoms with Crippen molar-refractivity contribution >= 4 is 44.0 Å². The summed E-state index contributed by atoms with van der Waals surface area (Å²) in [6.07, 6.45) is 3.23. The van der Waals surface area contributed by atoms with Crippen molar-refractivity contribution in [3.8, 4) is 11.6 Å². The van der Waals surface area contributed by atoms with Crippen LogP contribution in [-0.2, 0) is 0 Å². The molecule has 0 aliphatic rings. The maximum absolute atomic E-state index is 14.1. The van der Waals surface area contributed by atoms with E-state index in [1.807, 2.05) is 6.07 Å². The summed E-state index contributed by atoms with van der Waals surface area (Å²) in [5, 5.41) is 0.817. The van der Waals surface area contributed by atoms with Crippen LogP contribution in [0.15, 0.2) is 41.1 Å². The van der Waals surface area contributed by atoms with E-state index in [-0.39, 0.29) is 16.6 Å². The number of aromatic nitrogens is 2. The summed E-state index contributed by atoms with van der Waals surface area (Å²) in [6, 6.07) is 6.42. The second kappa shape index (κ2) is 5.42. The third-order valence-corrected chi connectivity index (χ3v) is 3.95. The van der Waals surface area contributed by atoms with Gasteiger partial charge in [-0.1, -0.05) is 12.2 Å². The lowest BCUT2D eigenvalue weighted by molar-refractivity contribution is 0.426. The normalized spacial score (nSPS) is 10.8. The van der Waals surface area contributed by atoms with Gasteiger partial charge < -0.3 is 15.5 Å². The van der Waals surface area contributed by atoms with Gasteiger partial charge >= 0.3 is 0 Å². The summed E-state index contributed by atoms with van der Waals surface area (Å²) < 4.78 is 20.2. The van der Waals surface area contributed by atoms with E-state index in [0.717, 1.165) is 5.39 Å². The zero-order valence-corrected chi connectivity index (χ0v) is 13.0. The zero-order valence-electron chi connectivity index (χ0n) is 10.6. The highest BCUT2D eigenvalue weighted by molar-refractivity contribution is 9.10. The van der Waals surface area contributed by atoms with Gasteiger partial charge in [0.15, 0.2) is 11.6 Å². The molecule has 2 aromatic heterocycles. The molecule has 106 valence electrons. The Morgan fingerprint density at radius 2 is 2.19 bits per heavy atom. The number of nitrogens with two attached hydrogens (primary N) is 1. The van der Waals surface area contributed by atoms with Crippen LogP contribution in [0.2, 0.25) is 0 Å². The van der Waals surface area contributed by atoms with Crippen LogP contribution in [0.25, 0.3) is 10.9 Å². The molecule has 0 spiro atoms. The molecular weight excluding hydrogens is 357 g/mol. The second-order valence-corrected chi connectivity index (χ2v) is 5.52. The maximum atomic E-state index is 14.1. The number of rotatable bonds is 3. The van der Waals surface area contributed by atoms with Crippen LogP contribution in [0.3, 0.4) is 0 Å². The van der Waals surface area contributed by atoms with Crippen LogP contribution in [0.4, 0.5) is 4.39 Å². The molecule has 0 atom stereocenters. The zero-order chi connectivity index (χ0) is 15.0. The first-order chi connectivity index (χ1) is 10.1. The Labute approximate surface area is 133 Å². The van der Waals surface area contributed by atoms with Gasteiger partial charge in [0, 0.05) is 41.0 Å². The molecule has 4 nitrogen and oxygen atoms in total. The summed E-state index contributed by atoms with van der Waals surface area (Å²) in [7, 11) is 0. The number of halogens is 2. The van der Waals surface area contributed by atoms with Crippen molar-refractivity contribution in [1.29, 1.82) is 0 Å². The van der Waals surface area contributed by atoms with E-state index in [1.165, 1.54) is 12.3 Å². The molecule has 0 saturated carbocycles. The molecule has 0 radical (unpaired) electrons. The quantitative estimate of drug-likeness (QED) is 0.691. The summed E-state index contributed by atoms with van der Waals surface area (Å²) >= 11 is 8.25. The number of fused-ring (bicyclic) bond motifs is 1. The van der Waals surface area contributed by atoms with E-state index in [4.69, 9.17) is 22.7 Å². The Bertz CT molecular complexity index is 849. The minimum atomic E-state index is -0.501. The molecule has 2 heterocycles. The number of pyridine rings is 1. The van der Waals surface area contributed by atoms with Crippen LogP contribution in [0.1, 0.15) is 5.56 Å². The number of hydrogen-bond acceptors (Lipinski definition) is 3. The maximum Gasteiger partial charge on any atom is 0.220 e. The van der Waals surface area contributed by atoms with E-state index >= 15 is 0 Å². The molecule has 0 saturated heterocycles. The number of aromatic amines is 1. The predicted octanol–water partition coefficient (Wildman–Crippen LogP) is 3.89. The van der Waals surface area contributed by atoms with Crippen LogP contribution in [0, 0.1) is 5.82 Å². The molecule has 0 unspecified atom stereocenters. The van der Waals surface area contributed by atoms with Crippen molar-refractivity contribution in [2.45, 2.75) is 0 Å². The van der Waals surface area contributed by atoms with Gasteiger partial charge in [-0.05, 0) is 28.1 Å². The summed E-state index contributed by atoms with van der Waals surface area (Å²) in [5.41, 5.74) is 6.84. The summed E-state index contributed by atoms with van der Waals surface area (Å²) in [5.74, 6) is -0.219. The minimum absolute atomic E-state index is 0.0645. The van der Waals surface area contributed by atoms with Crippen LogP contribution in [-0.4, -0.2) is 15.0 Å². The average Bonchev–Trinajstić information content (AvgIpc) is 2.92. The van der Waals surface area contributed by atoms with Crippen molar-refractivity contribution < 1.29 is 9.13 Å². The molecule has 3 aromatic rings. The van der Waals surface area contributed by atoms with Gasteiger partial charge in [0.05, 0.1) is 4.47 Å². The Kier molecular flexibility index (Phi) is 3.60. The van der Waals surface area contributed by atoms with Crippen LogP contribution in [0.5, 0.6) is 11.6 Å². The van der Waals surface area contributed by atoms with Crippen molar-refractivity contribution in [1.82, 2.24) is 9.97 Å². The van der Waals surface area contributed by atoms with Crippen LogP contribution < -0.4 is 10.5 Å². The lowest BCUT2D eigenvalue weighted by Gasteiger charge is -2.09. The molecular formula is C14H9BrFN3OS. The van der Waals surface area contributed by atoms with E-state index in [2.05, 4.69) is 25.9 Å². The molecule has 0 bridgehead atoms. The van der Waals surface area contributed by atoms with Crippen molar-refractivity contribution in [3.05, 3.63) is 52.5 Å². The van der Waals surface area contributed by atoms with E-state index in [0.29, 0.717) is 15.6 Å². The summed E-state index contributed by atoms with van der Waals surface area (Å²) in [4.78, 5) is 7.20. The third-order valence-electron chi connectivity index (χ3n) is 2.93. The molecule has 0 fully saturated rings. The van der Waals surface area contributed by atoms with Gasteiger partial charge in [-0.2, -0.15) is 0 Å². The SMILES string of the molecule is NC(=S)c1ccnc(Oc2c(F)cc3[nH]ccc3c2Br)c1. The topological polar surface area (TPSA) is 63.9 Å². The highest BCUT2D eigenvalue weighted by Crippen LogP contribution is 2.37. The largest absolute Gasteiger partial charge is 0.435 e. The fourth-order valence-corrected chi connectivity index (χ4v) is 2.67. The number of nitrogens with zero attached hydrogens (tertiary/aromatic N) is 1. The second-order valence-electron chi connectivity index (χ2n) is 4.29. The van der Waals surface area contributed by atoms with Crippen LogP contribution >= 0.6 is 28.1 Å². The Hall–Kier alpha value is -1.99. The minimum Gasteiger partial charge on any atom is -0.435 e. The van der Waals surface area contributed by atoms with E-state index < -0.39 is 5.82 Å². The lowest BCUT2D eigenvalue weighted by atomic mass is 10.2. The van der Waals surface area contributed by atoms with Gasteiger partial charge in [0.25, 0.3) is 0 Å². The van der Waals surface area contributed by atoms with Gasteiger partial charge in [-0.25, -0.2) is 9.37 Å². The first-order valence-corrected chi connectivity index (χ1v) is 7.15. The monoisotopic (exact) mass is 365 g/mol. The van der Waals surface area contributed by atoms with E-state index in [1.54, 1.807) is 18.3 Å². The van der Waals surface area contributed by atoms with Gasteiger partial charge in [0.1, 0.15) is 4.99 Å². The smallest absolute Gasteiger partial charge is 0.220 e. The Morgan fingerprint density at radius 1 is 1.38 bits per heavy atom. The summed E-state index contributed by atoms with van der Waals surface area (Å²) in [6.45, 7) is 0. The highest BCUT2D eigenvalue weighted by atomic mass is 79.9. The Morgan fingerprint density at radius 3 is 2.95 bits per heavy atom. The number of benzene rings is 1. The van der Waals surface area contributed by atoms with Gasteiger partial charge in [-0.3, -0.25) is 0 Å². The van der Waals surface area contributed by atoms with E-state index in [9.17, 15) is 4.39 Å². The molecule has 21 heavy (non-hydrogen) atoms. The predicted molar refractivity (Wildman–Crippen MR) is 86.2 cm³/mol. The molecule has 3 rings (SSSR count). The number of H-pyrrole nitrogens is 1. The van der Waals surface area contributed by atoms with Crippen molar-refractivity contribution in [3.63, 3.8) is 0 Å². The first kappa shape index (κ1) is 14.0. The standard InChI is InChI=1S/C14H9BrFN3OS/c15-12-8-2-4-18-10(8)6-9(16)13(12)20-11-5-7(14(17)21)1-3-19-11/h1-6,18H,(H2,17,21). The van der Waals surface area contributed by atoms with Crippen molar-refractivity contribution in [2.75, 3.05) is 0 Å². The number of hydrogen-bond donors (Lipinski definition) is 2. The first-order valence-electron chi connectivity index (χ1n) is 5.95. The van der Waals surface area contributed by atoms with Gasteiger partial charge in [0.2, 0.25) is 5.88 Å². The molecule has 0 aliphatic heterocycles. The Balaban J connectivity index is 2.05. The highest BCUT2D eigenvalue weighted by Gasteiger charge is 2.15. The number of nitrogens with one attached hydrogen (secondary N) is 1. The molecule has 1 aromatic carbocycles. The molecule has 0 aliphatic carbocycles. The fraction of sp³-hybridized carbons (Fsp3) is 0. The molecule has 0 amide bonds. The lowest BCUT2D eigenvalue weighted by Crippen LogP contribution is -2.09. The molecule has 7 heteroatoms. The third kappa shape index (κ3) is 2.62. The fourth-order valence-electron chi connectivity index (χ4n) is 1.93. The number of ether oxygens (including phenoxy) is 1. The molecule has 3 N–H and O–H groups in total. The average molecular weight is 366 g/mol.